The predicted octanol–water partition coefficient (Wildman–Crippen LogP) is 1.55. The van der Waals surface area contributed by atoms with Gasteiger partial charge in [-0.05, 0) is 34.9 Å². The molecule has 7 heteroatoms. The quantitative estimate of drug-likeness (QED) is 0.803. The van der Waals surface area contributed by atoms with Crippen LogP contribution in [-0.2, 0) is 9.84 Å². The van der Waals surface area contributed by atoms with E-state index in [1.807, 2.05) is 0 Å². The molecule has 1 saturated heterocycles. The minimum Gasteiger partial charge on any atom is -0.383 e. The smallest absolute Gasteiger partial charge is 0.152 e. The van der Waals surface area contributed by atoms with Crippen molar-refractivity contribution in [3.05, 3.63) is 9.26 Å². The average molecular weight is 369 g/mol. The standard InChI is InChI=1S/C10H16IN3O2S/c1-6(2)9-8(11)10(12)14(13-9)7-3-4-17(15,16)5-7/h6-7H,3-5,12H2,1-2H3. The molecule has 0 saturated carbocycles. The Hall–Kier alpha value is -0.310. The molecular formula is C10H16IN3O2S. The third-order valence-electron chi connectivity index (χ3n) is 3.01. The molecule has 96 valence electrons. The van der Waals surface area contributed by atoms with Crippen molar-refractivity contribution in [1.29, 1.82) is 0 Å². The van der Waals surface area contributed by atoms with Gasteiger partial charge in [0.15, 0.2) is 9.84 Å². The molecule has 0 bridgehead atoms. The molecule has 1 aliphatic heterocycles. The van der Waals surface area contributed by atoms with E-state index < -0.39 is 9.84 Å². The number of aromatic nitrogens is 2. The normalized spacial score (nSPS) is 23.4. The highest BCUT2D eigenvalue weighted by Crippen LogP contribution is 2.31. The Morgan fingerprint density at radius 3 is 2.59 bits per heavy atom. The number of sulfone groups is 1. The summed E-state index contributed by atoms with van der Waals surface area (Å²) in [5.41, 5.74) is 6.96. The van der Waals surface area contributed by atoms with E-state index >= 15 is 0 Å². The zero-order valence-corrected chi connectivity index (χ0v) is 12.8. The van der Waals surface area contributed by atoms with Gasteiger partial charge in [-0.15, -0.1) is 0 Å². The molecule has 2 rings (SSSR count). The second-order valence-corrected chi connectivity index (χ2v) is 8.05. The van der Waals surface area contributed by atoms with Gasteiger partial charge in [-0.3, -0.25) is 0 Å². The summed E-state index contributed by atoms with van der Waals surface area (Å²) >= 11 is 2.18. The van der Waals surface area contributed by atoms with Gasteiger partial charge in [-0.1, -0.05) is 13.8 Å². The maximum atomic E-state index is 11.5. The van der Waals surface area contributed by atoms with Crippen molar-refractivity contribution in [1.82, 2.24) is 9.78 Å². The lowest BCUT2D eigenvalue weighted by Gasteiger charge is -2.10. The molecule has 2 N–H and O–H groups in total. The minimum absolute atomic E-state index is 0.0963. The van der Waals surface area contributed by atoms with E-state index in [0.29, 0.717) is 18.2 Å². The fraction of sp³-hybridized carbons (Fsp3) is 0.700. The second kappa shape index (κ2) is 4.42. The van der Waals surface area contributed by atoms with E-state index in [4.69, 9.17) is 5.73 Å². The summed E-state index contributed by atoms with van der Waals surface area (Å²) in [6.45, 7) is 4.11. The van der Waals surface area contributed by atoms with Crippen LogP contribution in [0.3, 0.4) is 0 Å². The number of rotatable bonds is 2. The van der Waals surface area contributed by atoms with Gasteiger partial charge in [0.1, 0.15) is 5.82 Å². The van der Waals surface area contributed by atoms with Crippen LogP contribution in [0.4, 0.5) is 5.82 Å². The Kier molecular flexibility index (Phi) is 3.41. The van der Waals surface area contributed by atoms with Crippen LogP contribution in [-0.4, -0.2) is 29.7 Å². The van der Waals surface area contributed by atoms with Crippen molar-refractivity contribution >= 4 is 38.2 Å². The first-order chi connectivity index (χ1) is 7.82. The molecule has 0 aliphatic carbocycles. The summed E-state index contributed by atoms with van der Waals surface area (Å²) in [5, 5.41) is 4.48. The van der Waals surface area contributed by atoms with Crippen LogP contribution in [0.2, 0.25) is 0 Å². The Morgan fingerprint density at radius 2 is 2.18 bits per heavy atom. The highest BCUT2D eigenvalue weighted by molar-refractivity contribution is 14.1. The number of halogens is 1. The van der Waals surface area contributed by atoms with Crippen molar-refractivity contribution in [3.63, 3.8) is 0 Å². The Balaban J connectivity index is 2.38. The fourth-order valence-corrected chi connectivity index (χ4v) is 4.73. The number of nitrogens with two attached hydrogens (primary N) is 1. The fourth-order valence-electron chi connectivity index (χ4n) is 2.06. The largest absolute Gasteiger partial charge is 0.383 e. The van der Waals surface area contributed by atoms with Crippen LogP contribution in [0.1, 0.15) is 37.9 Å². The second-order valence-electron chi connectivity index (χ2n) is 4.74. The summed E-state index contributed by atoms with van der Waals surface area (Å²) in [5.74, 6) is 1.29. The molecule has 1 fully saturated rings. The van der Waals surface area contributed by atoms with Gasteiger partial charge in [0.2, 0.25) is 0 Å². The third kappa shape index (κ3) is 2.44. The molecular weight excluding hydrogens is 353 g/mol. The monoisotopic (exact) mass is 369 g/mol. The van der Waals surface area contributed by atoms with Crippen LogP contribution in [0.15, 0.2) is 0 Å². The number of hydrogen-bond donors (Lipinski definition) is 1. The zero-order chi connectivity index (χ0) is 12.8. The van der Waals surface area contributed by atoms with E-state index in [2.05, 4.69) is 41.5 Å². The van der Waals surface area contributed by atoms with E-state index in [9.17, 15) is 8.42 Å². The van der Waals surface area contributed by atoms with Crippen LogP contribution in [0.25, 0.3) is 0 Å². The van der Waals surface area contributed by atoms with Crippen molar-refractivity contribution < 1.29 is 8.42 Å². The van der Waals surface area contributed by atoms with Crippen LogP contribution in [0.5, 0.6) is 0 Å². The molecule has 1 aromatic heterocycles. The molecule has 2 heterocycles. The minimum atomic E-state index is -2.90. The maximum absolute atomic E-state index is 11.5. The molecule has 1 atom stereocenters. The highest BCUT2D eigenvalue weighted by Gasteiger charge is 2.32. The van der Waals surface area contributed by atoms with Gasteiger partial charge in [0.25, 0.3) is 0 Å². The van der Waals surface area contributed by atoms with Gasteiger partial charge >= 0.3 is 0 Å². The summed E-state index contributed by atoms with van der Waals surface area (Å²) in [7, 11) is -2.90. The van der Waals surface area contributed by atoms with Crippen molar-refractivity contribution in [2.45, 2.75) is 32.2 Å². The summed E-state index contributed by atoms with van der Waals surface area (Å²) in [6, 6.07) is -0.0963. The zero-order valence-electron chi connectivity index (χ0n) is 9.85. The number of nitrogens with zero attached hydrogens (tertiary/aromatic N) is 2. The molecule has 5 nitrogen and oxygen atoms in total. The molecule has 0 amide bonds. The van der Waals surface area contributed by atoms with Crippen LogP contribution in [0, 0.1) is 3.57 Å². The molecule has 1 unspecified atom stereocenters. The first-order valence-electron chi connectivity index (χ1n) is 5.55. The van der Waals surface area contributed by atoms with Crippen LogP contribution >= 0.6 is 22.6 Å². The molecule has 1 aliphatic rings. The number of anilines is 1. The summed E-state index contributed by atoms with van der Waals surface area (Å²) < 4.78 is 25.6. The molecule has 17 heavy (non-hydrogen) atoms. The SMILES string of the molecule is CC(C)c1nn(C2CCS(=O)(=O)C2)c(N)c1I. The van der Waals surface area contributed by atoms with Gasteiger partial charge < -0.3 is 5.73 Å². The third-order valence-corrected chi connectivity index (χ3v) is 5.87. The van der Waals surface area contributed by atoms with E-state index in [1.54, 1.807) is 4.68 Å². The molecule has 0 spiro atoms. The molecule has 1 aromatic rings. The van der Waals surface area contributed by atoms with Gasteiger partial charge in [-0.25, -0.2) is 13.1 Å². The summed E-state index contributed by atoms with van der Waals surface area (Å²) in [6.07, 6.45) is 0.613. The van der Waals surface area contributed by atoms with Gasteiger partial charge in [0, 0.05) is 0 Å². The van der Waals surface area contributed by atoms with Crippen LogP contribution < -0.4 is 5.73 Å². The van der Waals surface area contributed by atoms with Gasteiger partial charge in [0.05, 0.1) is 26.8 Å². The molecule has 0 radical (unpaired) electrons. The maximum Gasteiger partial charge on any atom is 0.152 e. The van der Waals surface area contributed by atoms with Crippen molar-refractivity contribution in [3.8, 4) is 0 Å². The lowest BCUT2D eigenvalue weighted by atomic mass is 10.1. The lowest BCUT2D eigenvalue weighted by Crippen LogP contribution is -2.15. The Morgan fingerprint density at radius 1 is 1.53 bits per heavy atom. The summed E-state index contributed by atoms with van der Waals surface area (Å²) in [4.78, 5) is 0. The van der Waals surface area contributed by atoms with Gasteiger partial charge in [-0.2, -0.15) is 5.10 Å². The first kappa shape index (κ1) is 13.1. The number of hydrogen-bond acceptors (Lipinski definition) is 4. The first-order valence-corrected chi connectivity index (χ1v) is 8.45. The van der Waals surface area contributed by atoms with E-state index in [1.165, 1.54) is 0 Å². The highest BCUT2D eigenvalue weighted by atomic mass is 127. The van der Waals surface area contributed by atoms with E-state index in [-0.39, 0.29) is 17.5 Å². The van der Waals surface area contributed by atoms with E-state index in [0.717, 1.165) is 9.26 Å². The lowest BCUT2D eigenvalue weighted by molar-refractivity contribution is 0.499. The average Bonchev–Trinajstić information content (AvgIpc) is 2.70. The number of nitrogen functional groups attached to an aromatic ring is 1. The molecule has 0 aromatic carbocycles. The van der Waals surface area contributed by atoms with Crippen molar-refractivity contribution in [2.75, 3.05) is 17.2 Å². The Bertz CT molecular complexity index is 536. The Labute approximate surface area is 115 Å². The topological polar surface area (TPSA) is 78.0 Å². The predicted molar refractivity (Wildman–Crippen MR) is 75.8 cm³/mol. The van der Waals surface area contributed by atoms with Crippen molar-refractivity contribution in [2.24, 2.45) is 0 Å².